The van der Waals surface area contributed by atoms with Gasteiger partial charge < -0.3 is 10.6 Å². The first-order valence-corrected chi connectivity index (χ1v) is 7.26. The number of nitrogens with zero attached hydrogens (tertiary/aromatic N) is 3. The second-order valence-corrected chi connectivity index (χ2v) is 5.45. The van der Waals surface area contributed by atoms with Gasteiger partial charge in [0.25, 0.3) is 5.69 Å². The van der Waals surface area contributed by atoms with E-state index in [-0.39, 0.29) is 11.7 Å². The molecule has 1 aromatic carbocycles. The van der Waals surface area contributed by atoms with Crippen molar-refractivity contribution in [2.24, 2.45) is 11.7 Å². The van der Waals surface area contributed by atoms with Gasteiger partial charge in [0.05, 0.1) is 16.2 Å². The predicted molar refractivity (Wildman–Crippen MR) is 81.0 cm³/mol. The van der Waals surface area contributed by atoms with Crippen LogP contribution in [0.2, 0.25) is 0 Å². The highest BCUT2D eigenvalue weighted by Gasteiger charge is 2.28. The molecule has 2 N–H and O–H groups in total. The lowest BCUT2D eigenvalue weighted by molar-refractivity contribution is -0.384. The standard InChI is InChI=1S/C15H20N4O2/c1-2-11-5-6-18(14(7-11)10-17)15-4-3-13(19(20)21)8-12(15)9-16/h3-4,8,11,14H,2,5-7,10,17H2,1H3. The van der Waals surface area contributed by atoms with Crippen molar-refractivity contribution in [3.8, 4) is 6.07 Å². The molecule has 1 saturated heterocycles. The fraction of sp³-hybridized carbons (Fsp3) is 0.533. The van der Waals surface area contributed by atoms with Crippen LogP contribution in [0.3, 0.4) is 0 Å². The van der Waals surface area contributed by atoms with E-state index in [0.29, 0.717) is 18.0 Å². The summed E-state index contributed by atoms with van der Waals surface area (Å²) < 4.78 is 0. The van der Waals surface area contributed by atoms with Gasteiger partial charge >= 0.3 is 0 Å². The first-order chi connectivity index (χ1) is 10.1. The van der Waals surface area contributed by atoms with Crippen LogP contribution >= 0.6 is 0 Å². The molecule has 0 bridgehead atoms. The van der Waals surface area contributed by atoms with Gasteiger partial charge in [0.2, 0.25) is 0 Å². The van der Waals surface area contributed by atoms with Crippen LogP contribution in [-0.4, -0.2) is 24.1 Å². The van der Waals surface area contributed by atoms with E-state index in [4.69, 9.17) is 5.73 Å². The molecule has 0 aromatic heterocycles. The highest BCUT2D eigenvalue weighted by molar-refractivity contribution is 5.63. The Morgan fingerprint density at radius 1 is 1.57 bits per heavy atom. The first-order valence-electron chi connectivity index (χ1n) is 7.26. The molecule has 112 valence electrons. The van der Waals surface area contributed by atoms with Crippen molar-refractivity contribution in [1.29, 1.82) is 5.26 Å². The third kappa shape index (κ3) is 3.14. The maximum absolute atomic E-state index is 10.8. The molecule has 6 nitrogen and oxygen atoms in total. The van der Waals surface area contributed by atoms with Crippen LogP contribution in [0, 0.1) is 27.4 Å². The van der Waals surface area contributed by atoms with Gasteiger partial charge in [-0.3, -0.25) is 10.1 Å². The van der Waals surface area contributed by atoms with Gasteiger partial charge in [0.15, 0.2) is 0 Å². The molecule has 0 radical (unpaired) electrons. The second-order valence-electron chi connectivity index (χ2n) is 5.45. The molecule has 0 spiro atoms. The fourth-order valence-corrected chi connectivity index (χ4v) is 3.02. The van der Waals surface area contributed by atoms with Crippen LogP contribution in [0.15, 0.2) is 18.2 Å². The van der Waals surface area contributed by atoms with Crippen molar-refractivity contribution in [2.45, 2.75) is 32.2 Å². The number of nitro benzene ring substituents is 1. The third-order valence-corrected chi connectivity index (χ3v) is 4.29. The van der Waals surface area contributed by atoms with Crippen molar-refractivity contribution in [1.82, 2.24) is 0 Å². The Bertz CT molecular complexity index is 567. The van der Waals surface area contributed by atoms with Crippen LogP contribution < -0.4 is 10.6 Å². The zero-order chi connectivity index (χ0) is 15.4. The molecule has 1 aromatic rings. The van der Waals surface area contributed by atoms with E-state index in [1.165, 1.54) is 12.1 Å². The number of nitrogens with two attached hydrogens (primary N) is 1. The molecule has 0 amide bonds. The van der Waals surface area contributed by atoms with Crippen LogP contribution in [0.25, 0.3) is 0 Å². The fourth-order valence-electron chi connectivity index (χ4n) is 3.02. The Labute approximate surface area is 124 Å². The minimum Gasteiger partial charge on any atom is -0.366 e. The lowest BCUT2D eigenvalue weighted by Crippen LogP contribution is -2.47. The summed E-state index contributed by atoms with van der Waals surface area (Å²) in [4.78, 5) is 12.5. The number of nitro groups is 1. The van der Waals surface area contributed by atoms with E-state index in [9.17, 15) is 15.4 Å². The van der Waals surface area contributed by atoms with Gasteiger partial charge in [-0.1, -0.05) is 13.3 Å². The van der Waals surface area contributed by atoms with Crippen LogP contribution in [0.4, 0.5) is 11.4 Å². The van der Waals surface area contributed by atoms with E-state index in [0.717, 1.165) is 31.5 Å². The Morgan fingerprint density at radius 3 is 2.90 bits per heavy atom. The number of anilines is 1. The summed E-state index contributed by atoms with van der Waals surface area (Å²) in [5.74, 6) is 0.665. The number of hydrogen-bond donors (Lipinski definition) is 1. The van der Waals surface area contributed by atoms with Crippen LogP contribution in [0.5, 0.6) is 0 Å². The number of piperidine rings is 1. The van der Waals surface area contributed by atoms with Gasteiger partial charge in [0.1, 0.15) is 6.07 Å². The summed E-state index contributed by atoms with van der Waals surface area (Å²) >= 11 is 0. The summed E-state index contributed by atoms with van der Waals surface area (Å²) in [7, 11) is 0. The minimum absolute atomic E-state index is 0.0527. The number of rotatable bonds is 4. The van der Waals surface area contributed by atoms with Gasteiger partial charge in [-0.25, -0.2) is 0 Å². The monoisotopic (exact) mass is 288 g/mol. The third-order valence-electron chi connectivity index (χ3n) is 4.29. The minimum atomic E-state index is -0.478. The summed E-state index contributed by atoms with van der Waals surface area (Å²) in [5.41, 5.74) is 6.93. The molecule has 21 heavy (non-hydrogen) atoms. The largest absolute Gasteiger partial charge is 0.366 e. The Balaban J connectivity index is 2.32. The summed E-state index contributed by atoms with van der Waals surface area (Å²) in [6, 6.07) is 6.73. The Kier molecular flexibility index (Phi) is 4.76. The first kappa shape index (κ1) is 15.3. The summed E-state index contributed by atoms with van der Waals surface area (Å²) in [6.07, 6.45) is 3.21. The van der Waals surface area contributed by atoms with Gasteiger partial charge in [-0.2, -0.15) is 5.26 Å². The van der Waals surface area contributed by atoms with Gasteiger partial charge in [-0.05, 0) is 24.8 Å². The molecule has 2 atom stereocenters. The summed E-state index contributed by atoms with van der Waals surface area (Å²) in [6.45, 7) is 3.55. The van der Waals surface area contributed by atoms with Crippen molar-refractivity contribution in [2.75, 3.05) is 18.0 Å². The van der Waals surface area contributed by atoms with E-state index in [1.807, 2.05) is 0 Å². The highest BCUT2D eigenvalue weighted by Crippen LogP contribution is 2.32. The molecule has 1 aliphatic heterocycles. The SMILES string of the molecule is CCC1CCN(c2ccc([N+](=O)[O-])cc2C#N)C(CN)C1. The lowest BCUT2D eigenvalue weighted by Gasteiger charge is -2.40. The van der Waals surface area contributed by atoms with Crippen molar-refractivity contribution in [3.63, 3.8) is 0 Å². The average Bonchev–Trinajstić information content (AvgIpc) is 2.53. The maximum Gasteiger partial charge on any atom is 0.270 e. The molecule has 2 unspecified atom stereocenters. The highest BCUT2D eigenvalue weighted by atomic mass is 16.6. The molecule has 1 aliphatic rings. The topological polar surface area (TPSA) is 96.2 Å². The number of non-ortho nitro benzene ring substituents is 1. The lowest BCUT2D eigenvalue weighted by atomic mass is 9.88. The molecule has 1 fully saturated rings. The quantitative estimate of drug-likeness (QED) is 0.678. The molecule has 6 heteroatoms. The normalized spacial score (nSPS) is 21.9. The predicted octanol–water partition coefficient (Wildman–Crippen LogP) is 2.42. The van der Waals surface area contributed by atoms with E-state index in [1.54, 1.807) is 6.07 Å². The molecule has 0 aliphatic carbocycles. The van der Waals surface area contributed by atoms with E-state index in [2.05, 4.69) is 17.9 Å². The van der Waals surface area contributed by atoms with Crippen LogP contribution in [-0.2, 0) is 0 Å². The number of benzene rings is 1. The average molecular weight is 288 g/mol. The Morgan fingerprint density at radius 2 is 2.33 bits per heavy atom. The Hall–Kier alpha value is -2.13. The molecule has 1 heterocycles. The van der Waals surface area contributed by atoms with Crippen LogP contribution in [0.1, 0.15) is 31.7 Å². The van der Waals surface area contributed by atoms with Gasteiger partial charge in [0, 0.05) is 31.3 Å². The molecular weight excluding hydrogens is 268 g/mol. The second kappa shape index (κ2) is 6.55. The zero-order valence-electron chi connectivity index (χ0n) is 12.2. The number of nitriles is 1. The van der Waals surface area contributed by atoms with Gasteiger partial charge in [-0.15, -0.1) is 0 Å². The maximum atomic E-state index is 10.8. The van der Waals surface area contributed by atoms with E-state index < -0.39 is 4.92 Å². The van der Waals surface area contributed by atoms with E-state index >= 15 is 0 Å². The van der Waals surface area contributed by atoms with Crippen molar-refractivity contribution < 1.29 is 4.92 Å². The molecule has 2 rings (SSSR count). The summed E-state index contributed by atoms with van der Waals surface area (Å²) in [5, 5.41) is 20.1. The zero-order valence-corrected chi connectivity index (χ0v) is 12.2. The van der Waals surface area contributed by atoms with Crippen molar-refractivity contribution >= 4 is 11.4 Å². The number of hydrogen-bond acceptors (Lipinski definition) is 5. The smallest absolute Gasteiger partial charge is 0.270 e. The van der Waals surface area contributed by atoms with Crippen molar-refractivity contribution in [3.05, 3.63) is 33.9 Å². The molecular formula is C15H20N4O2. The molecule has 0 saturated carbocycles.